The summed E-state index contributed by atoms with van der Waals surface area (Å²) in [7, 11) is 0. The van der Waals surface area contributed by atoms with E-state index in [2.05, 4.69) is 0 Å². The van der Waals surface area contributed by atoms with E-state index in [0.717, 1.165) is 0 Å². The highest BCUT2D eigenvalue weighted by atomic mass is 16.6. The molecule has 5 nitrogen and oxygen atoms in total. The van der Waals surface area contributed by atoms with Crippen LogP contribution in [0.4, 0.5) is 5.69 Å². The minimum Gasteiger partial charge on any atom is -0.507 e. The van der Waals surface area contributed by atoms with Crippen molar-refractivity contribution in [2.24, 2.45) is 0 Å². The fourth-order valence-electron chi connectivity index (χ4n) is 1.71. The molecule has 0 spiro atoms. The molecule has 0 fully saturated rings. The van der Waals surface area contributed by atoms with E-state index in [1.807, 2.05) is 6.07 Å². The molecule has 0 bridgehead atoms. The van der Waals surface area contributed by atoms with Crippen LogP contribution in [0.5, 0.6) is 5.75 Å². The van der Waals surface area contributed by atoms with Gasteiger partial charge in [0.2, 0.25) is 0 Å². The lowest BCUT2D eigenvalue weighted by molar-refractivity contribution is -0.384. The number of benzene rings is 2. The molecule has 20 heavy (non-hydrogen) atoms. The van der Waals surface area contributed by atoms with Gasteiger partial charge in [-0.25, -0.2) is 0 Å². The lowest BCUT2D eigenvalue weighted by Gasteiger charge is -2.01. The Balaban J connectivity index is 2.41. The van der Waals surface area contributed by atoms with Crippen LogP contribution in [0.3, 0.4) is 0 Å². The van der Waals surface area contributed by atoms with Crippen LogP contribution in [-0.4, -0.2) is 10.0 Å². The smallest absolute Gasteiger partial charge is 0.269 e. The topological polar surface area (TPSA) is 87.2 Å². The monoisotopic (exact) mass is 266 g/mol. The zero-order chi connectivity index (χ0) is 14.5. The predicted octanol–water partition coefficient (Wildman–Crippen LogP) is 3.36. The van der Waals surface area contributed by atoms with Crippen LogP contribution < -0.4 is 0 Å². The molecule has 0 saturated carbocycles. The second kappa shape index (κ2) is 5.67. The Labute approximate surface area is 115 Å². The molecular formula is C15H10N2O3. The van der Waals surface area contributed by atoms with Crippen LogP contribution in [0.2, 0.25) is 0 Å². The Morgan fingerprint density at radius 2 is 1.85 bits per heavy atom. The minimum atomic E-state index is -0.497. The van der Waals surface area contributed by atoms with E-state index < -0.39 is 4.92 Å². The predicted molar refractivity (Wildman–Crippen MR) is 74.7 cm³/mol. The molecule has 0 atom stereocenters. The summed E-state index contributed by atoms with van der Waals surface area (Å²) < 4.78 is 0. The van der Waals surface area contributed by atoms with Gasteiger partial charge < -0.3 is 5.11 Å². The molecule has 1 N–H and O–H groups in total. The molecule has 0 unspecified atom stereocenters. The van der Waals surface area contributed by atoms with E-state index >= 15 is 0 Å². The first-order chi connectivity index (χ1) is 9.61. The van der Waals surface area contributed by atoms with E-state index in [1.165, 1.54) is 36.4 Å². The van der Waals surface area contributed by atoms with Gasteiger partial charge in [0.25, 0.3) is 5.69 Å². The Kier molecular flexibility index (Phi) is 3.77. The number of phenolic OH excluding ortho intramolecular Hbond substituents is 1. The number of nitro groups is 1. The number of aromatic hydroxyl groups is 1. The maximum absolute atomic E-state index is 10.6. The SMILES string of the molecule is N#C/C(=C/c1ccccc1O)c1ccc([N+](=O)[O-])cc1. The molecule has 0 amide bonds. The van der Waals surface area contributed by atoms with Gasteiger partial charge in [-0.05, 0) is 29.8 Å². The van der Waals surface area contributed by atoms with E-state index in [9.17, 15) is 20.5 Å². The number of nitrogens with zero attached hydrogens (tertiary/aromatic N) is 2. The summed E-state index contributed by atoms with van der Waals surface area (Å²) in [5.41, 5.74) is 1.36. The number of allylic oxidation sites excluding steroid dienone is 1. The fraction of sp³-hybridized carbons (Fsp3) is 0. The molecular weight excluding hydrogens is 256 g/mol. The third-order valence-corrected chi connectivity index (χ3v) is 2.75. The number of phenols is 1. The molecule has 2 aromatic carbocycles. The van der Waals surface area contributed by atoms with Crippen LogP contribution in [0.1, 0.15) is 11.1 Å². The van der Waals surface area contributed by atoms with Crippen molar-refractivity contribution in [2.75, 3.05) is 0 Å². The van der Waals surface area contributed by atoms with Crippen molar-refractivity contribution in [1.82, 2.24) is 0 Å². The summed E-state index contributed by atoms with van der Waals surface area (Å²) in [4.78, 5) is 10.1. The highest BCUT2D eigenvalue weighted by molar-refractivity contribution is 5.90. The lowest BCUT2D eigenvalue weighted by atomic mass is 10.0. The van der Waals surface area contributed by atoms with E-state index in [1.54, 1.807) is 18.2 Å². The number of hydrogen-bond donors (Lipinski definition) is 1. The molecule has 0 aliphatic rings. The van der Waals surface area contributed by atoms with Crippen molar-refractivity contribution in [3.63, 3.8) is 0 Å². The summed E-state index contributed by atoms with van der Waals surface area (Å²) in [6.45, 7) is 0. The molecule has 5 heteroatoms. The molecule has 2 rings (SSSR count). The number of rotatable bonds is 3. The van der Waals surface area contributed by atoms with Gasteiger partial charge in [0.15, 0.2) is 0 Å². The number of para-hydroxylation sites is 1. The zero-order valence-electron chi connectivity index (χ0n) is 10.4. The van der Waals surface area contributed by atoms with Gasteiger partial charge in [-0.3, -0.25) is 10.1 Å². The van der Waals surface area contributed by atoms with Gasteiger partial charge in [0.05, 0.1) is 16.6 Å². The van der Waals surface area contributed by atoms with E-state index in [0.29, 0.717) is 16.7 Å². The number of hydrogen-bond acceptors (Lipinski definition) is 4. The van der Waals surface area contributed by atoms with Crippen molar-refractivity contribution >= 4 is 17.3 Å². The fourth-order valence-corrected chi connectivity index (χ4v) is 1.71. The van der Waals surface area contributed by atoms with Crippen molar-refractivity contribution in [3.8, 4) is 11.8 Å². The molecule has 2 aromatic rings. The molecule has 0 aliphatic carbocycles. The van der Waals surface area contributed by atoms with Gasteiger partial charge in [-0.1, -0.05) is 18.2 Å². The van der Waals surface area contributed by atoms with Crippen molar-refractivity contribution in [2.45, 2.75) is 0 Å². The molecule has 0 aliphatic heterocycles. The van der Waals surface area contributed by atoms with Crippen LogP contribution in [0.25, 0.3) is 11.6 Å². The Morgan fingerprint density at radius 1 is 1.20 bits per heavy atom. The molecule has 0 heterocycles. The largest absolute Gasteiger partial charge is 0.507 e. The van der Waals surface area contributed by atoms with E-state index in [4.69, 9.17) is 0 Å². The molecule has 0 saturated heterocycles. The van der Waals surface area contributed by atoms with Crippen LogP contribution in [0, 0.1) is 21.4 Å². The van der Waals surface area contributed by atoms with Crippen LogP contribution in [-0.2, 0) is 0 Å². The summed E-state index contributed by atoms with van der Waals surface area (Å²) in [6, 6.07) is 14.3. The average Bonchev–Trinajstić information content (AvgIpc) is 2.46. The summed E-state index contributed by atoms with van der Waals surface area (Å²) in [6.07, 6.45) is 1.54. The van der Waals surface area contributed by atoms with Crippen molar-refractivity contribution < 1.29 is 10.0 Å². The molecule has 98 valence electrons. The third-order valence-electron chi connectivity index (χ3n) is 2.75. The Hall–Kier alpha value is -3.13. The summed E-state index contributed by atoms with van der Waals surface area (Å²) >= 11 is 0. The van der Waals surface area contributed by atoms with Gasteiger partial charge in [-0.15, -0.1) is 0 Å². The summed E-state index contributed by atoms with van der Waals surface area (Å²) in [5.74, 6) is 0.0714. The number of nitro benzene ring substituents is 1. The second-order valence-electron chi connectivity index (χ2n) is 4.03. The normalized spacial score (nSPS) is 10.8. The van der Waals surface area contributed by atoms with Gasteiger partial charge in [-0.2, -0.15) is 5.26 Å². The standard InChI is InChI=1S/C15H10N2O3/c16-10-13(9-12-3-1-2-4-15(12)18)11-5-7-14(8-6-11)17(19)20/h1-9,18H/b13-9-. The summed E-state index contributed by atoms with van der Waals surface area (Å²) in [5, 5.41) is 29.4. The highest BCUT2D eigenvalue weighted by Gasteiger charge is 2.07. The first kappa shape index (κ1) is 13.3. The van der Waals surface area contributed by atoms with Crippen LogP contribution >= 0.6 is 0 Å². The minimum absolute atomic E-state index is 0.0337. The Bertz CT molecular complexity index is 713. The Morgan fingerprint density at radius 3 is 2.40 bits per heavy atom. The van der Waals surface area contributed by atoms with Crippen LogP contribution in [0.15, 0.2) is 48.5 Å². The average molecular weight is 266 g/mol. The first-order valence-electron chi connectivity index (χ1n) is 5.76. The maximum Gasteiger partial charge on any atom is 0.269 e. The van der Waals surface area contributed by atoms with Gasteiger partial charge in [0, 0.05) is 17.7 Å². The van der Waals surface area contributed by atoms with Gasteiger partial charge in [0.1, 0.15) is 5.75 Å². The zero-order valence-corrected chi connectivity index (χ0v) is 10.4. The van der Waals surface area contributed by atoms with E-state index in [-0.39, 0.29) is 11.4 Å². The number of nitriles is 1. The quantitative estimate of drug-likeness (QED) is 0.399. The molecule has 0 aromatic heterocycles. The molecule has 0 radical (unpaired) electrons. The second-order valence-corrected chi connectivity index (χ2v) is 4.03. The lowest BCUT2D eigenvalue weighted by Crippen LogP contribution is -1.88. The van der Waals surface area contributed by atoms with Crippen molar-refractivity contribution in [3.05, 3.63) is 69.8 Å². The van der Waals surface area contributed by atoms with Gasteiger partial charge >= 0.3 is 0 Å². The third kappa shape index (κ3) is 2.82. The highest BCUT2D eigenvalue weighted by Crippen LogP contribution is 2.24. The van der Waals surface area contributed by atoms with Crippen molar-refractivity contribution in [1.29, 1.82) is 5.26 Å². The first-order valence-corrected chi connectivity index (χ1v) is 5.76. The maximum atomic E-state index is 10.6. The number of non-ortho nitro benzene ring substituents is 1.